The average Bonchev–Trinajstić information content (AvgIpc) is 2.97. The van der Waals surface area contributed by atoms with Crippen molar-refractivity contribution in [1.29, 1.82) is 0 Å². The summed E-state index contributed by atoms with van der Waals surface area (Å²) in [5.41, 5.74) is 0.909. The van der Waals surface area contributed by atoms with Crippen molar-refractivity contribution >= 4 is 16.9 Å². The molecule has 1 N–H and O–H groups in total. The van der Waals surface area contributed by atoms with Crippen LogP contribution in [0.15, 0.2) is 18.6 Å². The minimum Gasteiger partial charge on any atom is -0.380 e. The van der Waals surface area contributed by atoms with E-state index in [1.54, 1.807) is 6.33 Å². The van der Waals surface area contributed by atoms with Crippen LogP contribution in [0.1, 0.15) is 13.8 Å². The Morgan fingerprint density at radius 3 is 3.10 bits per heavy atom. The van der Waals surface area contributed by atoms with Gasteiger partial charge in [-0.2, -0.15) is 0 Å². The monoisotopic (exact) mass is 289 g/mol. The summed E-state index contributed by atoms with van der Waals surface area (Å²) in [6, 6.07) is 2.56. The van der Waals surface area contributed by atoms with E-state index in [-0.39, 0.29) is 0 Å². The van der Waals surface area contributed by atoms with Crippen molar-refractivity contribution in [2.75, 3.05) is 44.3 Å². The van der Waals surface area contributed by atoms with Crippen LogP contribution in [0.4, 0.5) is 5.82 Å². The second kappa shape index (κ2) is 6.41. The second-order valence-corrected chi connectivity index (χ2v) is 5.47. The molecular formula is C15H23N5O. The number of hydrogen-bond donors (Lipinski definition) is 1. The van der Waals surface area contributed by atoms with Crippen molar-refractivity contribution < 1.29 is 4.74 Å². The Hall–Kier alpha value is -1.66. The fraction of sp³-hybridized carbons (Fsp3) is 0.600. The highest BCUT2D eigenvalue weighted by molar-refractivity contribution is 5.87. The number of piperazine rings is 1. The lowest BCUT2D eigenvalue weighted by Gasteiger charge is -2.40. The summed E-state index contributed by atoms with van der Waals surface area (Å²) in [7, 11) is 0. The minimum atomic E-state index is 0.503. The molecule has 3 heterocycles. The molecule has 0 saturated carbocycles. The van der Waals surface area contributed by atoms with Gasteiger partial charge >= 0.3 is 0 Å². The number of aromatic nitrogens is 3. The van der Waals surface area contributed by atoms with E-state index in [1.807, 2.05) is 13.1 Å². The first kappa shape index (κ1) is 14.3. The molecule has 0 radical (unpaired) electrons. The summed E-state index contributed by atoms with van der Waals surface area (Å²) in [5.74, 6) is 1.04. The van der Waals surface area contributed by atoms with Crippen LogP contribution in [0.2, 0.25) is 0 Å². The molecule has 6 nitrogen and oxygen atoms in total. The van der Waals surface area contributed by atoms with Gasteiger partial charge in [0.05, 0.1) is 12.0 Å². The number of rotatable bonds is 5. The minimum absolute atomic E-state index is 0.503. The van der Waals surface area contributed by atoms with Gasteiger partial charge in [0, 0.05) is 45.0 Å². The second-order valence-electron chi connectivity index (χ2n) is 5.47. The van der Waals surface area contributed by atoms with E-state index in [1.165, 1.54) is 0 Å². The summed E-state index contributed by atoms with van der Waals surface area (Å²) in [4.78, 5) is 16.7. The summed E-state index contributed by atoms with van der Waals surface area (Å²) >= 11 is 0. The van der Waals surface area contributed by atoms with E-state index >= 15 is 0 Å². The summed E-state index contributed by atoms with van der Waals surface area (Å²) < 4.78 is 5.46. The lowest BCUT2D eigenvalue weighted by Crippen LogP contribution is -2.53. The van der Waals surface area contributed by atoms with Gasteiger partial charge in [-0.1, -0.05) is 0 Å². The van der Waals surface area contributed by atoms with Gasteiger partial charge in [0.15, 0.2) is 0 Å². The summed E-state index contributed by atoms with van der Waals surface area (Å²) in [6.07, 6.45) is 3.56. The standard InChI is InChI=1S/C15H23N5O/c1-3-21-9-8-19-6-7-20(10-12(19)2)15-13-4-5-16-14(13)17-11-18-15/h4-5,11-12H,3,6-10H2,1-2H3,(H,16,17,18). The normalized spacial score (nSPS) is 20.3. The smallest absolute Gasteiger partial charge is 0.142 e. The van der Waals surface area contributed by atoms with E-state index in [2.05, 4.69) is 37.7 Å². The molecule has 2 aromatic heterocycles. The van der Waals surface area contributed by atoms with Crippen molar-refractivity contribution in [2.45, 2.75) is 19.9 Å². The highest BCUT2D eigenvalue weighted by Crippen LogP contribution is 2.24. The van der Waals surface area contributed by atoms with E-state index in [0.29, 0.717) is 6.04 Å². The Morgan fingerprint density at radius 1 is 1.38 bits per heavy atom. The topological polar surface area (TPSA) is 57.3 Å². The molecule has 0 bridgehead atoms. The lowest BCUT2D eigenvalue weighted by atomic mass is 10.2. The number of ether oxygens (including phenoxy) is 1. The van der Waals surface area contributed by atoms with Crippen LogP contribution in [-0.2, 0) is 4.74 Å². The van der Waals surface area contributed by atoms with Crippen molar-refractivity contribution in [3.8, 4) is 0 Å². The zero-order valence-electron chi connectivity index (χ0n) is 12.7. The number of fused-ring (bicyclic) bond motifs is 1. The molecule has 0 aromatic carbocycles. The van der Waals surface area contributed by atoms with Gasteiger partial charge in [-0.25, -0.2) is 9.97 Å². The van der Waals surface area contributed by atoms with Crippen LogP contribution in [0.5, 0.6) is 0 Å². The zero-order valence-corrected chi connectivity index (χ0v) is 12.7. The third-order valence-electron chi connectivity index (χ3n) is 4.12. The first-order valence-corrected chi connectivity index (χ1v) is 7.64. The van der Waals surface area contributed by atoms with Crippen LogP contribution in [0, 0.1) is 0 Å². The van der Waals surface area contributed by atoms with Crippen LogP contribution >= 0.6 is 0 Å². The van der Waals surface area contributed by atoms with Crippen molar-refractivity contribution in [1.82, 2.24) is 19.9 Å². The van der Waals surface area contributed by atoms with Crippen molar-refractivity contribution in [2.24, 2.45) is 0 Å². The van der Waals surface area contributed by atoms with Gasteiger partial charge in [-0.3, -0.25) is 4.90 Å². The van der Waals surface area contributed by atoms with Gasteiger partial charge < -0.3 is 14.6 Å². The Balaban J connectivity index is 1.68. The van der Waals surface area contributed by atoms with Crippen LogP contribution < -0.4 is 4.90 Å². The maximum Gasteiger partial charge on any atom is 0.142 e. The molecule has 1 unspecified atom stereocenters. The number of H-pyrrole nitrogens is 1. The molecule has 2 aromatic rings. The van der Waals surface area contributed by atoms with E-state index in [4.69, 9.17) is 4.74 Å². The third kappa shape index (κ3) is 3.01. The molecule has 1 fully saturated rings. The third-order valence-corrected chi connectivity index (χ3v) is 4.12. The predicted octanol–water partition coefficient (Wildman–Crippen LogP) is 1.50. The highest BCUT2D eigenvalue weighted by atomic mass is 16.5. The highest BCUT2D eigenvalue weighted by Gasteiger charge is 2.25. The molecule has 6 heteroatoms. The first-order chi connectivity index (χ1) is 10.3. The van der Waals surface area contributed by atoms with Crippen LogP contribution in [0.25, 0.3) is 11.0 Å². The quantitative estimate of drug-likeness (QED) is 0.846. The Bertz CT molecular complexity index is 584. The fourth-order valence-electron chi connectivity index (χ4n) is 2.96. The molecule has 114 valence electrons. The molecule has 0 amide bonds. The van der Waals surface area contributed by atoms with E-state index in [9.17, 15) is 0 Å². The van der Waals surface area contributed by atoms with Gasteiger partial charge in [0.2, 0.25) is 0 Å². The van der Waals surface area contributed by atoms with Crippen molar-refractivity contribution in [3.05, 3.63) is 18.6 Å². The summed E-state index contributed by atoms with van der Waals surface area (Å²) in [6.45, 7) is 9.96. The maximum absolute atomic E-state index is 5.46. The summed E-state index contributed by atoms with van der Waals surface area (Å²) in [5, 5.41) is 1.10. The Morgan fingerprint density at radius 2 is 2.29 bits per heavy atom. The van der Waals surface area contributed by atoms with Crippen LogP contribution in [0.3, 0.4) is 0 Å². The average molecular weight is 289 g/mol. The number of hydrogen-bond acceptors (Lipinski definition) is 5. The number of aromatic amines is 1. The maximum atomic E-state index is 5.46. The Kier molecular flexibility index (Phi) is 4.36. The molecular weight excluding hydrogens is 266 g/mol. The van der Waals surface area contributed by atoms with Crippen LogP contribution in [-0.4, -0.2) is 65.3 Å². The molecule has 1 aliphatic rings. The van der Waals surface area contributed by atoms with E-state index in [0.717, 1.165) is 56.2 Å². The molecule has 1 saturated heterocycles. The van der Waals surface area contributed by atoms with E-state index < -0.39 is 0 Å². The molecule has 21 heavy (non-hydrogen) atoms. The van der Waals surface area contributed by atoms with Gasteiger partial charge in [0.25, 0.3) is 0 Å². The number of anilines is 1. The number of nitrogens with one attached hydrogen (secondary N) is 1. The largest absolute Gasteiger partial charge is 0.380 e. The molecule has 1 aliphatic heterocycles. The lowest BCUT2D eigenvalue weighted by molar-refractivity contribution is 0.0925. The molecule has 0 aliphatic carbocycles. The first-order valence-electron chi connectivity index (χ1n) is 7.64. The molecule has 0 spiro atoms. The zero-order chi connectivity index (χ0) is 14.7. The molecule has 1 atom stereocenters. The number of nitrogens with zero attached hydrogens (tertiary/aromatic N) is 4. The SMILES string of the molecule is CCOCCN1CCN(c2ncnc3[nH]ccc23)CC1C. The Labute approximate surface area is 125 Å². The molecule has 3 rings (SSSR count). The fourth-order valence-corrected chi connectivity index (χ4v) is 2.96. The van der Waals surface area contributed by atoms with Gasteiger partial charge in [0.1, 0.15) is 17.8 Å². The van der Waals surface area contributed by atoms with Crippen molar-refractivity contribution in [3.63, 3.8) is 0 Å². The predicted molar refractivity (Wildman–Crippen MR) is 83.6 cm³/mol. The van der Waals surface area contributed by atoms with Gasteiger partial charge in [-0.05, 0) is 19.9 Å². The van der Waals surface area contributed by atoms with Gasteiger partial charge in [-0.15, -0.1) is 0 Å².